The van der Waals surface area contributed by atoms with Crippen LogP contribution in [0.15, 0.2) is 18.2 Å². The molecule has 0 aliphatic rings. The first-order chi connectivity index (χ1) is 6.99. The maximum absolute atomic E-state index is 12.9. The van der Waals surface area contributed by atoms with Gasteiger partial charge in [-0.05, 0) is 31.7 Å². The first-order valence-corrected chi connectivity index (χ1v) is 5.25. The van der Waals surface area contributed by atoms with E-state index >= 15 is 0 Å². The first-order valence-electron chi connectivity index (χ1n) is 4.87. The zero-order chi connectivity index (χ0) is 11.4. The van der Waals surface area contributed by atoms with E-state index in [1.165, 1.54) is 6.07 Å². The quantitative estimate of drug-likeness (QED) is 0.908. The predicted octanol–water partition coefficient (Wildman–Crippen LogP) is 2.68. The van der Waals surface area contributed by atoms with Gasteiger partial charge in [0, 0.05) is 19.1 Å². The molecule has 92 valence electrons. The van der Waals surface area contributed by atoms with Gasteiger partial charge in [0.25, 0.3) is 0 Å². The van der Waals surface area contributed by atoms with Crippen LogP contribution in [0.2, 0.25) is 5.02 Å². The number of hydrogen-bond donors (Lipinski definition) is 1. The van der Waals surface area contributed by atoms with Gasteiger partial charge in [-0.1, -0.05) is 17.7 Å². The zero-order valence-electron chi connectivity index (χ0n) is 9.41. The number of nitrogens with two attached hydrogens (primary N) is 1. The third-order valence-electron chi connectivity index (χ3n) is 2.04. The fraction of sp³-hybridized carbons (Fsp3) is 0.455. The van der Waals surface area contributed by atoms with Crippen molar-refractivity contribution < 1.29 is 4.39 Å². The minimum absolute atomic E-state index is 0. The normalized spacial score (nSPS) is 12.4. The van der Waals surface area contributed by atoms with Crippen LogP contribution in [-0.4, -0.2) is 24.5 Å². The Hall–Kier alpha value is -0.350. The van der Waals surface area contributed by atoms with Crippen molar-refractivity contribution in [3.63, 3.8) is 0 Å². The van der Waals surface area contributed by atoms with E-state index in [0.717, 1.165) is 18.7 Å². The van der Waals surface area contributed by atoms with Gasteiger partial charge in [0.1, 0.15) is 5.82 Å². The van der Waals surface area contributed by atoms with Gasteiger partial charge in [-0.3, -0.25) is 0 Å². The van der Waals surface area contributed by atoms with Crippen molar-refractivity contribution in [3.05, 3.63) is 34.6 Å². The van der Waals surface area contributed by atoms with Crippen LogP contribution in [-0.2, 0) is 6.54 Å². The Balaban J connectivity index is 0.00000225. The average molecular weight is 267 g/mol. The van der Waals surface area contributed by atoms with E-state index in [9.17, 15) is 4.39 Å². The lowest BCUT2D eigenvalue weighted by atomic mass is 10.2. The number of benzene rings is 1. The molecule has 0 aliphatic carbocycles. The first kappa shape index (κ1) is 15.7. The molecule has 5 heteroatoms. The van der Waals surface area contributed by atoms with E-state index in [0.29, 0.717) is 0 Å². The summed E-state index contributed by atoms with van der Waals surface area (Å²) in [7, 11) is 1.97. The molecule has 0 saturated heterocycles. The fourth-order valence-corrected chi connectivity index (χ4v) is 1.71. The summed E-state index contributed by atoms with van der Waals surface area (Å²) < 4.78 is 12.9. The van der Waals surface area contributed by atoms with Gasteiger partial charge in [0.15, 0.2) is 0 Å². The molecule has 0 aromatic heterocycles. The Kier molecular flexibility index (Phi) is 6.91. The van der Waals surface area contributed by atoms with Gasteiger partial charge in [0.2, 0.25) is 0 Å². The molecule has 0 amide bonds. The van der Waals surface area contributed by atoms with Crippen molar-refractivity contribution in [2.24, 2.45) is 5.73 Å². The summed E-state index contributed by atoms with van der Waals surface area (Å²) in [6.45, 7) is 3.48. The lowest BCUT2D eigenvalue weighted by Crippen LogP contribution is -2.32. The minimum Gasteiger partial charge on any atom is -0.327 e. The van der Waals surface area contributed by atoms with Crippen molar-refractivity contribution in [3.8, 4) is 0 Å². The molecule has 1 aromatic carbocycles. The molecule has 0 bridgehead atoms. The van der Waals surface area contributed by atoms with Crippen LogP contribution in [0.5, 0.6) is 0 Å². The molecule has 2 nitrogen and oxygen atoms in total. The molecule has 0 aliphatic heterocycles. The summed E-state index contributed by atoms with van der Waals surface area (Å²) in [5, 5.41) is 0.168. The summed E-state index contributed by atoms with van der Waals surface area (Å²) in [6, 6.07) is 4.90. The Morgan fingerprint density at radius 1 is 1.50 bits per heavy atom. The number of halogens is 3. The van der Waals surface area contributed by atoms with Crippen molar-refractivity contribution in [1.29, 1.82) is 0 Å². The second kappa shape index (κ2) is 7.07. The lowest BCUT2D eigenvalue weighted by molar-refractivity contribution is 0.310. The lowest BCUT2D eigenvalue weighted by Gasteiger charge is -2.18. The maximum atomic E-state index is 12.9. The fourth-order valence-electron chi connectivity index (χ4n) is 1.51. The van der Waals surface area contributed by atoms with Gasteiger partial charge in [-0.2, -0.15) is 0 Å². The van der Waals surface area contributed by atoms with Crippen LogP contribution < -0.4 is 5.73 Å². The number of likely N-dealkylation sites (N-methyl/N-ethyl adjacent to an activating group) is 1. The van der Waals surface area contributed by atoms with E-state index < -0.39 is 0 Å². The predicted molar refractivity (Wildman–Crippen MR) is 68.6 cm³/mol. The van der Waals surface area contributed by atoms with Crippen LogP contribution >= 0.6 is 24.0 Å². The molecule has 0 fully saturated rings. The highest BCUT2D eigenvalue weighted by Gasteiger charge is 2.05. The average Bonchev–Trinajstić information content (AvgIpc) is 2.10. The topological polar surface area (TPSA) is 29.3 Å². The molecule has 0 saturated carbocycles. The highest BCUT2D eigenvalue weighted by atomic mass is 35.5. The molecular formula is C11H17Cl2FN2. The van der Waals surface area contributed by atoms with Crippen LogP contribution in [0.3, 0.4) is 0 Å². The van der Waals surface area contributed by atoms with Gasteiger partial charge in [-0.25, -0.2) is 4.39 Å². The molecule has 1 rings (SSSR count). The zero-order valence-corrected chi connectivity index (χ0v) is 11.0. The molecule has 1 atom stereocenters. The van der Waals surface area contributed by atoms with E-state index in [1.807, 2.05) is 14.0 Å². The van der Waals surface area contributed by atoms with Crippen LogP contribution in [0, 0.1) is 5.82 Å². The summed E-state index contributed by atoms with van der Waals surface area (Å²) >= 11 is 5.68. The summed E-state index contributed by atoms with van der Waals surface area (Å²) in [6.07, 6.45) is 0. The molecule has 16 heavy (non-hydrogen) atoms. The van der Waals surface area contributed by atoms with Crippen LogP contribution in [0.1, 0.15) is 12.5 Å². The number of hydrogen-bond acceptors (Lipinski definition) is 2. The Labute approximate surface area is 107 Å². The standard InChI is InChI=1S/C11H16ClFN2.ClH/c1-8(14)6-15(2)7-9-3-4-11(13)10(12)5-9;/h3-5,8H,6-7,14H2,1-2H3;1H. The van der Waals surface area contributed by atoms with Crippen LogP contribution in [0.4, 0.5) is 4.39 Å². The highest BCUT2D eigenvalue weighted by Crippen LogP contribution is 2.16. The molecular weight excluding hydrogens is 250 g/mol. The Morgan fingerprint density at radius 3 is 2.62 bits per heavy atom. The summed E-state index contributed by atoms with van der Waals surface area (Å²) in [4.78, 5) is 2.08. The van der Waals surface area contributed by atoms with Crippen molar-refractivity contribution >= 4 is 24.0 Å². The van der Waals surface area contributed by atoms with Crippen molar-refractivity contribution in [2.75, 3.05) is 13.6 Å². The highest BCUT2D eigenvalue weighted by molar-refractivity contribution is 6.30. The number of nitrogens with zero attached hydrogens (tertiary/aromatic N) is 1. The largest absolute Gasteiger partial charge is 0.327 e. The van der Waals surface area contributed by atoms with E-state index in [-0.39, 0.29) is 29.3 Å². The Morgan fingerprint density at radius 2 is 2.12 bits per heavy atom. The number of rotatable bonds is 4. The van der Waals surface area contributed by atoms with Gasteiger partial charge < -0.3 is 10.6 Å². The van der Waals surface area contributed by atoms with E-state index in [2.05, 4.69) is 4.90 Å². The molecule has 1 aromatic rings. The van der Waals surface area contributed by atoms with E-state index in [4.69, 9.17) is 17.3 Å². The summed E-state index contributed by atoms with van der Waals surface area (Å²) in [5.41, 5.74) is 6.66. The summed E-state index contributed by atoms with van der Waals surface area (Å²) in [5.74, 6) is -0.379. The molecule has 2 N–H and O–H groups in total. The van der Waals surface area contributed by atoms with Gasteiger partial charge in [0.05, 0.1) is 5.02 Å². The third-order valence-corrected chi connectivity index (χ3v) is 2.33. The molecule has 1 unspecified atom stereocenters. The molecule has 0 spiro atoms. The van der Waals surface area contributed by atoms with Gasteiger partial charge in [-0.15, -0.1) is 12.4 Å². The second-order valence-electron chi connectivity index (χ2n) is 3.92. The second-order valence-corrected chi connectivity index (χ2v) is 4.33. The molecule has 0 radical (unpaired) electrons. The van der Waals surface area contributed by atoms with Crippen molar-refractivity contribution in [2.45, 2.75) is 19.5 Å². The third kappa shape index (κ3) is 5.12. The maximum Gasteiger partial charge on any atom is 0.141 e. The van der Waals surface area contributed by atoms with E-state index in [1.54, 1.807) is 12.1 Å². The minimum atomic E-state index is -0.379. The Bertz CT molecular complexity index is 332. The molecule has 0 heterocycles. The van der Waals surface area contributed by atoms with Gasteiger partial charge >= 0.3 is 0 Å². The SMILES string of the molecule is CC(N)CN(C)Cc1ccc(F)c(Cl)c1.Cl. The van der Waals surface area contributed by atoms with Crippen molar-refractivity contribution in [1.82, 2.24) is 4.90 Å². The smallest absolute Gasteiger partial charge is 0.141 e. The monoisotopic (exact) mass is 266 g/mol. The van der Waals surface area contributed by atoms with Crippen LogP contribution in [0.25, 0.3) is 0 Å².